The number of aromatic nitrogens is 3. The zero-order valence-corrected chi connectivity index (χ0v) is 16.5. The molecule has 2 aromatic carbocycles. The second kappa shape index (κ2) is 8.13. The summed E-state index contributed by atoms with van der Waals surface area (Å²) in [4.78, 5) is 19.2. The van der Waals surface area contributed by atoms with Crippen molar-refractivity contribution in [2.24, 2.45) is 0 Å². The topological polar surface area (TPSA) is 63.1 Å². The average molecular weight is 393 g/mol. The van der Waals surface area contributed by atoms with Gasteiger partial charge >= 0.3 is 0 Å². The number of benzene rings is 2. The summed E-state index contributed by atoms with van der Waals surface area (Å²) in [7, 11) is 2.12. The van der Waals surface area contributed by atoms with Crippen LogP contribution in [0.4, 0.5) is 10.3 Å². The molecule has 29 heavy (non-hydrogen) atoms. The van der Waals surface area contributed by atoms with Gasteiger partial charge in [-0.05, 0) is 37.2 Å². The van der Waals surface area contributed by atoms with Crippen LogP contribution in [-0.2, 0) is 13.1 Å². The Balaban J connectivity index is 1.46. The molecule has 0 aliphatic carbocycles. The minimum Gasteiger partial charge on any atom is -0.297 e. The number of amides is 1. The summed E-state index contributed by atoms with van der Waals surface area (Å²) in [5.74, 6) is 0.473. The highest BCUT2D eigenvalue weighted by Crippen LogP contribution is 2.29. The van der Waals surface area contributed by atoms with Gasteiger partial charge in [-0.15, -0.1) is 5.10 Å². The first-order chi connectivity index (χ1) is 14.0. The first kappa shape index (κ1) is 19.3. The third-order valence-electron chi connectivity index (χ3n) is 5.36. The molecule has 1 aliphatic heterocycles. The van der Waals surface area contributed by atoms with E-state index in [4.69, 9.17) is 0 Å². The summed E-state index contributed by atoms with van der Waals surface area (Å²) in [6.45, 7) is 3.71. The molecular weight excluding hydrogens is 369 g/mol. The summed E-state index contributed by atoms with van der Waals surface area (Å²) in [5, 5.41) is 7.17. The lowest BCUT2D eigenvalue weighted by Gasteiger charge is -2.34. The smallest absolute Gasteiger partial charge is 0.258 e. The van der Waals surface area contributed by atoms with Gasteiger partial charge in [0.2, 0.25) is 5.95 Å². The van der Waals surface area contributed by atoms with Gasteiger partial charge in [-0.2, -0.15) is 4.98 Å². The number of rotatable bonds is 5. The Bertz CT molecular complexity index is 1000. The molecular formula is C22H24FN5O. The quantitative estimate of drug-likeness (QED) is 0.718. The van der Waals surface area contributed by atoms with Gasteiger partial charge in [0.05, 0.1) is 6.54 Å². The minimum atomic E-state index is -0.451. The summed E-state index contributed by atoms with van der Waals surface area (Å²) >= 11 is 0. The van der Waals surface area contributed by atoms with Crippen LogP contribution in [-0.4, -0.2) is 38.7 Å². The lowest BCUT2D eigenvalue weighted by atomic mass is 9.96. The van der Waals surface area contributed by atoms with Crippen molar-refractivity contribution in [3.63, 3.8) is 0 Å². The van der Waals surface area contributed by atoms with Crippen molar-refractivity contribution < 1.29 is 9.18 Å². The molecule has 2 unspecified atom stereocenters. The number of anilines is 1. The Kier molecular flexibility index (Phi) is 5.40. The number of nitrogens with one attached hydrogen (secondary N) is 1. The first-order valence-electron chi connectivity index (χ1n) is 9.75. The lowest BCUT2D eigenvalue weighted by Crippen LogP contribution is -2.40. The van der Waals surface area contributed by atoms with E-state index < -0.39 is 11.7 Å². The fourth-order valence-electron chi connectivity index (χ4n) is 3.82. The van der Waals surface area contributed by atoms with Gasteiger partial charge in [0.1, 0.15) is 11.6 Å². The van der Waals surface area contributed by atoms with Crippen molar-refractivity contribution in [2.75, 3.05) is 12.4 Å². The predicted molar refractivity (Wildman–Crippen MR) is 109 cm³/mol. The summed E-state index contributed by atoms with van der Waals surface area (Å²) in [5.41, 5.74) is 1.52. The number of hydrogen-bond donors (Lipinski definition) is 1. The van der Waals surface area contributed by atoms with Gasteiger partial charge in [-0.3, -0.25) is 15.0 Å². The van der Waals surface area contributed by atoms with Crippen LogP contribution in [0.5, 0.6) is 0 Å². The van der Waals surface area contributed by atoms with Crippen LogP contribution in [0.1, 0.15) is 41.0 Å². The van der Waals surface area contributed by atoms with Crippen molar-refractivity contribution >= 4 is 11.9 Å². The van der Waals surface area contributed by atoms with E-state index in [0.29, 0.717) is 12.6 Å². The Hall–Kier alpha value is -3.06. The maximum atomic E-state index is 13.4. The first-order valence-corrected chi connectivity index (χ1v) is 9.75. The highest BCUT2D eigenvalue weighted by atomic mass is 19.1. The highest BCUT2D eigenvalue weighted by Gasteiger charge is 2.30. The molecule has 1 aliphatic rings. The molecule has 0 fully saturated rings. The van der Waals surface area contributed by atoms with Gasteiger partial charge in [0.25, 0.3) is 5.91 Å². The summed E-state index contributed by atoms with van der Waals surface area (Å²) < 4.78 is 15.2. The fourth-order valence-corrected chi connectivity index (χ4v) is 3.82. The monoisotopic (exact) mass is 393 g/mol. The van der Waals surface area contributed by atoms with E-state index in [0.717, 1.165) is 18.8 Å². The Labute approximate surface area is 169 Å². The number of likely N-dealkylation sites (N-methyl/N-ethyl adjacent to an activating group) is 1. The van der Waals surface area contributed by atoms with Gasteiger partial charge in [0.15, 0.2) is 0 Å². The zero-order valence-electron chi connectivity index (χ0n) is 16.5. The van der Waals surface area contributed by atoms with Gasteiger partial charge in [0, 0.05) is 24.1 Å². The number of nitrogens with zero attached hydrogens (tertiary/aromatic N) is 4. The Morgan fingerprint density at radius 2 is 2.03 bits per heavy atom. The maximum absolute atomic E-state index is 13.4. The molecule has 1 aromatic heterocycles. The number of fused-ring (bicyclic) bond motifs is 1. The Morgan fingerprint density at radius 1 is 1.24 bits per heavy atom. The van der Waals surface area contributed by atoms with E-state index in [2.05, 4.69) is 58.5 Å². The van der Waals surface area contributed by atoms with Gasteiger partial charge in [-0.1, -0.05) is 43.3 Å². The summed E-state index contributed by atoms with van der Waals surface area (Å²) in [6.07, 6.45) is 0.972. The van der Waals surface area contributed by atoms with Crippen molar-refractivity contribution in [1.82, 2.24) is 19.7 Å². The molecule has 6 nitrogen and oxygen atoms in total. The van der Waals surface area contributed by atoms with Crippen LogP contribution in [0.25, 0.3) is 0 Å². The molecule has 1 amide bonds. The van der Waals surface area contributed by atoms with E-state index in [9.17, 15) is 9.18 Å². The van der Waals surface area contributed by atoms with Gasteiger partial charge < -0.3 is 0 Å². The predicted octanol–water partition coefficient (Wildman–Crippen LogP) is 3.68. The molecule has 2 heterocycles. The molecule has 1 N–H and O–H groups in total. The zero-order chi connectivity index (χ0) is 20.4. The standard InChI is InChI=1S/C22H24FN5O/c1-15-11-19(27(2)13-16-7-4-3-5-8-16)14-28-20(15)24-22(26-28)25-21(29)17-9-6-10-18(23)12-17/h3-10,12,15,19H,11,13-14H2,1-2H3,(H,25,26,29). The minimum absolute atomic E-state index is 0.222. The summed E-state index contributed by atoms with van der Waals surface area (Å²) in [6, 6.07) is 16.3. The van der Waals surface area contributed by atoms with Crippen LogP contribution in [0.2, 0.25) is 0 Å². The fraction of sp³-hybridized carbons (Fsp3) is 0.318. The van der Waals surface area contributed by atoms with E-state index in [-0.39, 0.29) is 17.4 Å². The molecule has 0 saturated carbocycles. The number of hydrogen-bond acceptors (Lipinski definition) is 4. The third kappa shape index (κ3) is 4.35. The van der Waals surface area contributed by atoms with Crippen LogP contribution < -0.4 is 5.32 Å². The molecule has 150 valence electrons. The average Bonchev–Trinajstić information content (AvgIpc) is 3.11. The van der Waals surface area contributed by atoms with E-state index in [1.165, 1.54) is 23.8 Å². The van der Waals surface area contributed by atoms with Crippen LogP contribution in [0, 0.1) is 5.82 Å². The Morgan fingerprint density at radius 3 is 2.79 bits per heavy atom. The molecule has 2 atom stereocenters. The van der Waals surface area contributed by atoms with E-state index in [1.807, 2.05) is 10.7 Å². The lowest BCUT2D eigenvalue weighted by molar-refractivity contribution is 0.102. The van der Waals surface area contributed by atoms with Crippen molar-refractivity contribution in [3.05, 3.63) is 77.4 Å². The number of carbonyl (C=O) groups is 1. The normalized spacial score (nSPS) is 18.5. The van der Waals surface area contributed by atoms with Crippen molar-refractivity contribution in [3.8, 4) is 0 Å². The maximum Gasteiger partial charge on any atom is 0.258 e. The molecule has 3 aromatic rings. The SMILES string of the molecule is CC1CC(N(C)Cc2ccccc2)Cn2nc(NC(=O)c3cccc(F)c3)nc21. The number of halogens is 1. The molecule has 0 bridgehead atoms. The number of carbonyl (C=O) groups excluding carboxylic acids is 1. The molecule has 7 heteroatoms. The molecule has 4 rings (SSSR count). The van der Waals surface area contributed by atoms with Crippen LogP contribution >= 0.6 is 0 Å². The van der Waals surface area contributed by atoms with Crippen LogP contribution in [0.15, 0.2) is 54.6 Å². The van der Waals surface area contributed by atoms with Crippen LogP contribution in [0.3, 0.4) is 0 Å². The second-order valence-electron chi connectivity index (χ2n) is 7.63. The molecule has 0 radical (unpaired) electrons. The van der Waals surface area contributed by atoms with Gasteiger partial charge in [-0.25, -0.2) is 9.07 Å². The second-order valence-corrected chi connectivity index (χ2v) is 7.63. The third-order valence-corrected chi connectivity index (χ3v) is 5.36. The van der Waals surface area contributed by atoms with Crippen molar-refractivity contribution in [2.45, 2.75) is 38.4 Å². The van der Waals surface area contributed by atoms with Crippen molar-refractivity contribution in [1.29, 1.82) is 0 Å². The van der Waals surface area contributed by atoms with E-state index in [1.54, 1.807) is 6.07 Å². The molecule has 0 saturated heterocycles. The highest BCUT2D eigenvalue weighted by molar-refractivity contribution is 6.03. The molecule has 0 spiro atoms. The van der Waals surface area contributed by atoms with E-state index >= 15 is 0 Å². The largest absolute Gasteiger partial charge is 0.297 e.